The van der Waals surface area contributed by atoms with Crippen molar-refractivity contribution in [3.63, 3.8) is 0 Å². The van der Waals surface area contributed by atoms with E-state index in [4.69, 9.17) is 0 Å². The predicted molar refractivity (Wildman–Crippen MR) is 68.7 cm³/mol. The molecule has 0 aliphatic rings. The smallest absolute Gasteiger partial charge is 0.0801 e. The van der Waals surface area contributed by atoms with E-state index >= 15 is 0 Å². The molecule has 1 heterocycles. The Labute approximate surface area is 102 Å². The Kier molecular flexibility index (Phi) is 3.83. The van der Waals surface area contributed by atoms with Gasteiger partial charge in [-0.05, 0) is 19.0 Å². The summed E-state index contributed by atoms with van der Waals surface area (Å²) in [6.45, 7) is 5.09. The molecule has 0 saturated heterocycles. The first kappa shape index (κ1) is 11.7. The van der Waals surface area contributed by atoms with Gasteiger partial charge in [0.15, 0.2) is 0 Å². The summed E-state index contributed by atoms with van der Waals surface area (Å²) in [6, 6.07) is 8.60. The second-order valence-electron chi connectivity index (χ2n) is 4.04. The lowest BCUT2D eigenvalue weighted by molar-refractivity contribution is 0.612. The average Bonchev–Trinajstić information content (AvgIpc) is 2.37. The zero-order valence-electron chi connectivity index (χ0n) is 10.2. The number of nitrogens with zero attached hydrogens (tertiary/aromatic N) is 2. The van der Waals surface area contributed by atoms with Gasteiger partial charge in [-0.3, -0.25) is 9.97 Å². The minimum atomic E-state index is 0.119. The fourth-order valence-electron chi connectivity index (χ4n) is 1.91. The van der Waals surface area contributed by atoms with Crippen molar-refractivity contribution in [1.29, 1.82) is 0 Å². The summed E-state index contributed by atoms with van der Waals surface area (Å²) in [6.07, 6.45) is 5.24. The van der Waals surface area contributed by atoms with Crippen molar-refractivity contribution in [2.75, 3.05) is 6.54 Å². The lowest BCUT2D eigenvalue weighted by Crippen LogP contribution is -2.23. The molecule has 17 heavy (non-hydrogen) atoms. The standard InChI is InChI=1S/C14H17N3/c1-3-16-14(13-10-15-7-8-17-13)12-6-4-5-11(2)9-12/h4-10,14,16H,3H2,1-2H3. The number of rotatable bonds is 4. The van der Waals surface area contributed by atoms with Gasteiger partial charge in [-0.1, -0.05) is 36.8 Å². The number of aromatic nitrogens is 2. The Hall–Kier alpha value is -1.74. The Morgan fingerprint density at radius 2 is 2.18 bits per heavy atom. The Bertz CT molecular complexity index is 468. The lowest BCUT2D eigenvalue weighted by Gasteiger charge is -2.17. The topological polar surface area (TPSA) is 37.8 Å². The first-order valence-corrected chi connectivity index (χ1v) is 5.87. The maximum atomic E-state index is 4.38. The molecule has 0 bridgehead atoms. The molecule has 88 valence electrons. The molecule has 1 N–H and O–H groups in total. The number of aryl methyl sites for hydroxylation is 1. The molecule has 3 nitrogen and oxygen atoms in total. The van der Waals surface area contributed by atoms with E-state index in [0.717, 1.165) is 12.2 Å². The highest BCUT2D eigenvalue weighted by atomic mass is 14.9. The molecule has 0 fully saturated rings. The quantitative estimate of drug-likeness (QED) is 0.872. The van der Waals surface area contributed by atoms with Crippen molar-refractivity contribution >= 4 is 0 Å². The normalized spacial score (nSPS) is 12.4. The van der Waals surface area contributed by atoms with Crippen molar-refractivity contribution in [2.24, 2.45) is 0 Å². The van der Waals surface area contributed by atoms with Crippen LogP contribution in [0.25, 0.3) is 0 Å². The van der Waals surface area contributed by atoms with E-state index in [1.807, 2.05) is 6.20 Å². The summed E-state index contributed by atoms with van der Waals surface area (Å²) in [5.41, 5.74) is 3.45. The third-order valence-corrected chi connectivity index (χ3v) is 2.66. The zero-order valence-corrected chi connectivity index (χ0v) is 10.2. The van der Waals surface area contributed by atoms with E-state index in [2.05, 4.69) is 53.4 Å². The fourth-order valence-corrected chi connectivity index (χ4v) is 1.91. The summed E-state index contributed by atoms with van der Waals surface area (Å²) < 4.78 is 0. The van der Waals surface area contributed by atoms with E-state index in [9.17, 15) is 0 Å². The Morgan fingerprint density at radius 1 is 1.29 bits per heavy atom. The highest BCUT2D eigenvalue weighted by Crippen LogP contribution is 2.20. The van der Waals surface area contributed by atoms with Crippen LogP contribution in [0.5, 0.6) is 0 Å². The van der Waals surface area contributed by atoms with Crippen LogP contribution in [0.15, 0.2) is 42.9 Å². The molecule has 1 atom stereocenters. The second-order valence-corrected chi connectivity index (χ2v) is 4.04. The molecule has 0 radical (unpaired) electrons. The molecule has 1 aromatic carbocycles. The van der Waals surface area contributed by atoms with Gasteiger partial charge in [0, 0.05) is 12.4 Å². The third-order valence-electron chi connectivity index (χ3n) is 2.66. The van der Waals surface area contributed by atoms with Gasteiger partial charge in [0.2, 0.25) is 0 Å². The van der Waals surface area contributed by atoms with Crippen LogP contribution in [-0.2, 0) is 0 Å². The Balaban J connectivity index is 2.35. The van der Waals surface area contributed by atoms with E-state index in [-0.39, 0.29) is 6.04 Å². The highest BCUT2D eigenvalue weighted by molar-refractivity contribution is 5.30. The van der Waals surface area contributed by atoms with Gasteiger partial charge < -0.3 is 5.32 Å². The third kappa shape index (κ3) is 2.88. The second kappa shape index (κ2) is 5.55. The fraction of sp³-hybridized carbons (Fsp3) is 0.286. The maximum absolute atomic E-state index is 4.38. The van der Waals surface area contributed by atoms with Crippen LogP contribution in [0.3, 0.4) is 0 Å². The van der Waals surface area contributed by atoms with E-state index in [1.165, 1.54) is 11.1 Å². The van der Waals surface area contributed by atoms with E-state index < -0.39 is 0 Å². The zero-order chi connectivity index (χ0) is 12.1. The van der Waals surface area contributed by atoms with Gasteiger partial charge in [0.1, 0.15) is 0 Å². The first-order chi connectivity index (χ1) is 8.31. The predicted octanol–water partition coefficient (Wildman–Crippen LogP) is 2.48. The summed E-state index contributed by atoms with van der Waals surface area (Å²) >= 11 is 0. The SMILES string of the molecule is CCNC(c1cccc(C)c1)c1cnccn1. The van der Waals surface area contributed by atoms with Crippen molar-refractivity contribution < 1.29 is 0 Å². The molecular weight excluding hydrogens is 210 g/mol. The molecule has 3 heteroatoms. The molecule has 0 aliphatic carbocycles. The van der Waals surface area contributed by atoms with Crippen molar-refractivity contribution in [1.82, 2.24) is 15.3 Å². The van der Waals surface area contributed by atoms with Gasteiger partial charge in [0.25, 0.3) is 0 Å². The molecule has 0 aliphatic heterocycles. The average molecular weight is 227 g/mol. The summed E-state index contributed by atoms with van der Waals surface area (Å²) in [7, 11) is 0. The number of benzene rings is 1. The molecule has 0 spiro atoms. The van der Waals surface area contributed by atoms with Gasteiger partial charge in [-0.2, -0.15) is 0 Å². The molecule has 1 aromatic heterocycles. The van der Waals surface area contributed by atoms with Crippen LogP contribution in [0.2, 0.25) is 0 Å². The van der Waals surface area contributed by atoms with Crippen LogP contribution >= 0.6 is 0 Å². The summed E-state index contributed by atoms with van der Waals surface area (Å²) in [5.74, 6) is 0. The summed E-state index contributed by atoms with van der Waals surface area (Å²) in [5, 5.41) is 3.44. The first-order valence-electron chi connectivity index (χ1n) is 5.87. The molecule has 1 unspecified atom stereocenters. The molecular formula is C14H17N3. The lowest BCUT2D eigenvalue weighted by atomic mass is 10.0. The molecule has 2 rings (SSSR count). The van der Waals surface area contributed by atoms with Gasteiger partial charge in [-0.15, -0.1) is 0 Å². The van der Waals surface area contributed by atoms with Gasteiger partial charge >= 0.3 is 0 Å². The monoisotopic (exact) mass is 227 g/mol. The molecule has 0 amide bonds. The largest absolute Gasteiger partial charge is 0.305 e. The number of hydrogen-bond donors (Lipinski definition) is 1. The minimum absolute atomic E-state index is 0.119. The van der Waals surface area contributed by atoms with Gasteiger partial charge in [-0.25, -0.2) is 0 Å². The van der Waals surface area contributed by atoms with Crippen LogP contribution in [0.4, 0.5) is 0 Å². The van der Waals surface area contributed by atoms with E-state index in [0.29, 0.717) is 0 Å². The molecule has 2 aromatic rings. The Morgan fingerprint density at radius 3 is 2.82 bits per heavy atom. The van der Waals surface area contributed by atoms with Crippen LogP contribution in [0, 0.1) is 6.92 Å². The molecule has 0 saturated carbocycles. The van der Waals surface area contributed by atoms with Crippen molar-refractivity contribution in [3.8, 4) is 0 Å². The van der Waals surface area contributed by atoms with Crippen LogP contribution in [0.1, 0.15) is 29.8 Å². The maximum Gasteiger partial charge on any atom is 0.0801 e. The number of nitrogens with one attached hydrogen (secondary N) is 1. The minimum Gasteiger partial charge on any atom is -0.305 e. The number of hydrogen-bond acceptors (Lipinski definition) is 3. The van der Waals surface area contributed by atoms with Gasteiger partial charge in [0.05, 0.1) is 17.9 Å². The highest BCUT2D eigenvalue weighted by Gasteiger charge is 2.13. The van der Waals surface area contributed by atoms with Crippen molar-refractivity contribution in [2.45, 2.75) is 19.9 Å². The van der Waals surface area contributed by atoms with E-state index in [1.54, 1.807) is 12.4 Å². The summed E-state index contributed by atoms with van der Waals surface area (Å²) in [4.78, 5) is 8.51. The van der Waals surface area contributed by atoms with Crippen LogP contribution < -0.4 is 5.32 Å². The van der Waals surface area contributed by atoms with Crippen molar-refractivity contribution in [3.05, 3.63) is 59.7 Å². The van der Waals surface area contributed by atoms with Crippen LogP contribution in [-0.4, -0.2) is 16.5 Å².